The number of benzene rings is 1. The molecule has 0 aromatic heterocycles. The highest BCUT2D eigenvalue weighted by molar-refractivity contribution is 9.10. The minimum atomic E-state index is -3.48. The van der Waals surface area contributed by atoms with E-state index in [2.05, 4.69) is 26.0 Å². The quantitative estimate of drug-likeness (QED) is 0.835. The molecule has 0 unspecified atom stereocenters. The van der Waals surface area contributed by atoms with Crippen molar-refractivity contribution in [1.29, 1.82) is 0 Å². The molecule has 0 aliphatic carbocycles. The first-order chi connectivity index (χ1) is 8.49. The molecular formula is C11H15BrCl2N2O2S. The van der Waals surface area contributed by atoms with Crippen LogP contribution in [-0.4, -0.2) is 27.5 Å². The number of hydrogen-bond donors (Lipinski definition) is 2. The van der Waals surface area contributed by atoms with Crippen molar-refractivity contribution in [2.45, 2.75) is 23.8 Å². The summed E-state index contributed by atoms with van der Waals surface area (Å²) in [5.74, 6) is 0. The molecule has 2 rings (SSSR count). The van der Waals surface area contributed by atoms with Crippen molar-refractivity contribution >= 4 is 50.0 Å². The highest BCUT2D eigenvalue weighted by Gasteiger charge is 2.22. The molecule has 1 atom stereocenters. The fourth-order valence-electron chi connectivity index (χ4n) is 1.88. The second-order valence-corrected chi connectivity index (χ2v) is 7.22. The Morgan fingerprint density at radius 3 is 2.74 bits per heavy atom. The van der Waals surface area contributed by atoms with E-state index in [-0.39, 0.29) is 23.3 Å². The van der Waals surface area contributed by atoms with Gasteiger partial charge < -0.3 is 5.32 Å². The lowest BCUT2D eigenvalue weighted by Crippen LogP contribution is -2.45. The van der Waals surface area contributed by atoms with Gasteiger partial charge in [-0.2, -0.15) is 0 Å². The lowest BCUT2D eigenvalue weighted by atomic mass is 10.1. The van der Waals surface area contributed by atoms with Crippen LogP contribution in [0.1, 0.15) is 12.8 Å². The second kappa shape index (κ2) is 7.24. The lowest BCUT2D eigenvalue weighted by molar-refractivity contribution is 0.428. The van der Waals surface area contributed by atoms with Crippen LogP contribution in [0.15, 0.2) is 27.6 Å². The summed E-state index contributed by atoms with van der Waals surface area (Å²) in [4.78, 5) is 0.226. The van der Waals surface area contributed by atoms with Gasteiger partial charge in [0.15, 0.2) is 0 Å². The van der Waals surface area contributed by atoms with Crippen LogP contribution in [0.25, 0.3) is 0 Å². The maximum absolute atomic E-state index is 12.2. The zero-order valence-corrected chi connectivity index (χ0v) is 14.0. The van der Waals surface area contributed by atoms with Gasteiger partial charge in [0.25, 0.3) is 0 Å². The number of nitrogens with one attached hydrogen (secondary N) is 2. The first-order valence-electron chi connectivity index (χ1n) is 5.67. The molecule has 108 valence electrons. The van der Waals surface area contributed by atoms with Crippen molar-refractivity contribution in [2.75, 3.05) is 13.1 Å². The predicted octanol–water partition coefficient (Wildman–Crippen LogP) is 2.55. The van der Waals surface area contributed by atoms with Gasteiger partial charge in [-0.25, -0.2) is 13.1 Å². The summed E-state index contributed by atoms with van der Waals surface area (Å²) in [6.45, 7) is 1.62. The highest BCUT2D eigenvalue weighted by Crippen LogP contribution is 2.25. The van der Waals surface area contributed by atoms with Crippen molar-refractivity contribution in [1.82, 2.24) is 10.0 Å². The Morgan fingerprint density at radius 2 is 2.16 bits per heavy atom. The number of sulfonamides is 1. The molecule has 0 spiro atoms. The summed E-state index contributed by atoms with van der Waals surface area (Å²) in [7, 11) is -3.48. The fourth-order valence-corrected chi connectivity index (χ4v) is 3.83. The van der Waals surface area contributed by atoms with E-state index in [9.17, 15) is 8.42 Å². The molecular weight excluding hydrogens is 375 g/mol. The third kappa shape index (κ3) is 4.58. The summed E-state index contributed by atoms with van der Waals surface area (Å²) >= 11 is 9.08. The van der Waals surface area contributed by atoms with E-state index >= 15 is 0 Å². The van der Waals surface area contributed by atoms with E-state index < -0.39 is 10.0 Å². The summed E-state index contributed by atoms with van der Waals surface area (Å²) in [6, 6.07) is 4.55. The Kier molecular flexibility index (Phi) is 6.56. The molecule has 1 saturated heterocycles. The zero-order chi connectivity index (χ0) is 13.2. The molecule has 8 heteroatoms. The minimum Gasteiger partial charge on any atom is -0.315 e. The van der Waals surface area contributed by atoms with Gasteiger partial charge in [-0.15, -0.1) is 12.4 Å². The minimum absolute atomic E-state index is 0. The maximum Gasteiger partial charge on any atom is 0.240 e. The Morgan fingerprint density at radius 1 is 1.42 bits per heavy atom. The van der Waals surface area contributed by atoms with E-state index in [1.807, 2.05) is 0 Å². The van der Waals surface area contributed by atoms with Crippen molar-refractivity contribution in [3.8, 4) is 0 Å². The molecule has 1 aliphatic heterocycles. The van der Waals surface area contributed by atoms with Gasteiger partial charge in [-0.1, -0.05) is 11.6 Å². The maximum atomic E-state index is 12.2. The standard InChI is InChI=1S/C11H14BrClN2O2S.ClH/c12-10-6-9(3-4-11(10)13)18(16,17)15-8-2-1-5-14-7-8;/h3-4,6,8,14-15H,1-2,5,7H2;1H/t8-;/m1./s1. The molecule has 0 bridgehead atoms. The number of rotatable bonds is 3. The summed E-state index contributed by atoms with van der Waals surface area (Å²) in [5.41, 5.74) is 0. The van der Waals surface area contributed by atoms with Gasteiger partial charge in [-0.05, 0) is 53.5 Å². The molecule has 0 radical (unpaired) electrons. The average molecular weight is 390 g/mol. The van der Waals surface area contributed by atoms with Crippen LogP contribution in [0.3, 0.4) is 0 Å². The molecule has 1 fully saturated rings. The molecule has 1 aliphatic rings. The fraction of sp³-hybridized carbons (Fsp3) is 0.455. The van der Waals surface area contributed by atoms with Crippen LogP contribution in [0, 0.1) is 0 Å². The van der Waals surface area contributed by atoms with Crippen molar-refractivity contribution in [3.63, 3.8) is 0 Å². The smallest absolute Gasteiger partial charge is 0.240 e. The monoisotopic (exact) mass is 388 g/mol. The summed E-state index contributed by atoms with van der Waals surface area (Å²) < 4.78 is 27.6. The normalized spacial score (nSPS) is 19.8. The van der Waals surface area contributed by atoms with Crippen LogP contribution in [-0.2, 0) is 10.0 Å². The van der Waals surface area contributed by atoms with Crippen molar-refractivity contribution in [2.24, 2.45) is 0 Å². The Hall–Kier alpha value is 0.150. The third-order valence-electron chi connectivity index (χ3n) is 2.82. The lowest BCUT2D eigenvalue weighted by Gasteiger charge is -2.23. The highest BCUT2D eigenvalue weighted by atomic mass is 79.9. The summed E-state index contributed by atoms with van der Waals surface area (Å²) in [5, 5.41) is 3.67. The molecule has 2 N–H and O–H groups in total. The van der Waals surface area contributed by atoms with Gasteiger partial charge in [0.1, 0.15) is 0 Å². The van der Waals surface area contributed by atoms with Crippen LogP contribution in [0.4, 0.5) is 0 Å². The molecule has 0 saturated carbocycles. The van der Waals surface area contributed by atoms with Gasteiger partial charge >= 0.3 is 0 Å². The Bertz CT molecular complexity index is 533. The van der Waals surface area contributed by atoms with E-state index in [0.29, 0.717) is 16.0 Å². The van der Waals surface area contributed by atoms with Crippen LogP contribution in [0.5, 0.6) is 0 Å². The number of piperidine rings is 1. The first-order valence-corrected chi connectivity index (χ1v) is 8.32. The van der Waals surface area contributed by atoms with Gasteiger partial charge in [0.2, 0.25) is 10.0 Å². The Labute approximate surface area is 132 Å². The van der Waals surface area contributed by atoms with Crippen LogP contribution in [0.2, 0.25) is 5.02 Å². The third-order valence-corrected chi connectivity index (χ3v) is 5.55. The van der Waals surface area contributed by atoms with E-state index in [0.717, 1.165) is 19.4 Å². The van der Waals surface area contributed by atoms with E-state index in [4.69, 9.17) is 11.6 Å². The van der Waals surface area contributed by atoms with Gasteiger partial charge in [0, 0.05) is 17.1 Å². The van der Waals surface area contributed by atoms with Gasteiger partial charge in [-0.3, -0.25) is 0 Å². The first kappa shape index (κ1) is 17.2. The molecule has 4 nitrogen and oxygen atoms in total. The topological polar surface area (TPSA) is 58.2 Å². The molecule has 1 aromatic rings. The Balaban J connectivity index is 0.00000180. The number of hydrogen-bond acceptors (Lipinski definition) is 3. The molecule has 1 aromatic carbocycles. The number of halogens is 3. The van der Waals surface area contributed by atoms with Crippen LogP contribution >= 0.6 is 39.9 Å². The van der Waals surface area contributed by atoms with Crippen molar-refractivity contribution < 1.29 is 8.42 Å². The van der Waals surface area contributed by atoms with E-state index in [1.54, 1.807) is 6.07 Å². The molecule has 0 amide bonds. The van der Waals surface area contributed by atoms with Crippen molar-refractivity contribution in [3.05, 3.63) is 27.7 Å². The van der Waals surface area contributed by atoms with Gasteiger partial charge in [0.05, 0.1) is 9.92 Å². The summed E-state index contributed by atoms with van der Waals surface area (Å²) in [6.07, 6.45) is 1.85. The molecule has 1 heterocycles. The second-order valence-electron chi connectivity index (χ2n) is 4.24. The predicted molar refractivity (Wildman–Crippen MR) is 82.6 cm³/mol. The van der Waals surface area contributed by atoms with E-state index in [1.165, 1.54) is 12.1 Å². The zero-order valence-electron chi connectivity index (χ0n) is 10.0. The molecule has 19 heavy (non-hydrogen) atoms. The van der Waals surface area contributed by atoms with Crippen LogP contribution < -0.4 is 10.0 Å². The largest absolute Gasteiger partial charge is 0.315 e. The SMILES string of the molecule is Cl.O=S(=O)(N[C@@H]1CCCNC1)c1ccc(Cl)c(Br)c1. The average Bonchev–Trinajstić information content (AvgIpc) is 2.33.